The van der Waals surface area contributed by atoms with Crippen LogP contribution in [-0.2, 0) is 24.0 Å². The lowest BCUT2D eigenvalue weighted by Gasteiger charge is -2.33. The number of nitrogens with zero attached hydrogens (tertiary/aromatic N) is 1. The second-order valence-corrected chi connectivity index (χ2v) is 11.4. The third kappa shape index (κ3) is 6.73. The Kier molecular flexibility index (Phi) is 9.33. The summed E-state index contributed by atoms with van der Waals surface area (Å²) in [5.74, 6) is -10.5. The molecule has 2 saturated carbocycles. The van der Waals surface area contributed by atoms with Gasteiger partial charge in [-0.15, -0.1) is 5.73 Å². The fraction of sp³-hybridized carbons (Fsp3) is 0.704. The SMILES string of the molecule is C=C=CC(NC(=O)[C@@H]1[C@H]2CCC(F)(F)[C@H]2CN1C(=O)[C@@H](NC(=O)[C@@H](O)C(C)C)C(C)C)C(=O)C(=O)NC1CC1. The molecule has 0 aromatic heterocycles. The number of aliphatic hydroxyl groups is 1. The Morgan fingerprint density at radius 1 is 1.05 bits per heavy atom. The highest BCUT2D eigenvalue weighted by molar-refractivity contribution is 6.39. The number of nitrogens with one attached hydrogen (secondary N) is 3. The van der Waals surface area contributed by atoms with E-state index in [9.17, 15) is 37.9 Å². The lowest BCUT2D eigenvalue weighted by Crippen LogP contribution is -2.59. The predicted molar refractivity (Wildman–Crippen MR) is 136 cm³/mol. The number of aliphatic hydroxyl groups excluding tert-OH is 1. The Morgan fingerprint density at radius 2 is 1.69 bits per heavy atom. The summed E-state index contributed by atoms with van der Waals surface area (Å²) in [4.78, 5) is 65.9. The maximum absolute atomic E-state index is 14.8. The first kappa shape index (κ1) is 30.4. The molecule has 0 spiro atoms. The van der Waals surface area contributed by atoms with E-state index in [1.165, 1.54) is 0 Å². The van der Waals surface area contributed by atoms with E-state index in [4.69, 9.17) is 0 Å². The van der Waals surface area contributed by atoms with Gasteiger partial charge in [0.2, 0.25) is 23.5 Å². The molecular weight excluding hydrogens is 514 g/mol. The molecular formula is C27H38F2N4O6. The summed E-state index contributed by atoms with van der Waals surface area (Å²) in [6, 6.07) is -4.10. The van der Waals surface area contributed by atoms with E-state index in [0.29, 0.717) is 0 Å². The number of hydrogen-bond acceptors (Lipinski definition) is 6. The van der Waals surface area contributed by atoms with E-state index in [2.05, 4.69) is 28.3 Å². The molecule has 0 radical (unpaired) electrons. The molecule has 1 heterocycles. The summed E-state index contributed by atoms with van der Waals surface area (Å²) < 4.78 is 29.6. The van der Waals surface area contributed by atoms with Gasteiger partial charge in [0.15, 0.2) is 0 Å². The maximum Gasteiger partial charge on any atom is 0.290 e. The number of alkyl halides is 2. The molecule has 0 bridgehead atoms. The summed E-state index contributed by atoms with van der Waals surface area (Å²) in [5, 5.41) is 17.6. The van der Waals surface area contributed by atoms with Crippen molar-refractivity contribution in [3.8, 4) is 0 Å². The van der Waals surface area contributed by atoms with Crippen LogP contribution >= 0.6 is 0 Å². The Bertz CT molecular complexity index is 1050. The number of Topliss-reactive ketones (excluding diaryl/α,β-unsaturated/α-hetero) is 1. The van der Waals surface area contributed by atoms with Gasteiger partial charge in [-0.25, -0.2) is 8.78 Å². The van der Waals surface area contributed by atoms with Crippen molar-refractivity contribution in [2.45, 2.75) is 89.6 Å². The third-order valence-electron chi connectivity index (χ3n) is 7.69. The molecule has 6 atom stereocenters. The van der Waals surface area contributed by atoms with Crippen LogP contribution in [0, 0.1) is 23.7 Å². The van der Waals surface area contributed by atoms with E-state index in [-0.39, 0.29) is 12.5 Å². The van der Waals surface area contributed by atoms with Crippen molar-refractivity contribution < 1.29 is 37.9 Å². The number of carbonyl (C=O) groups excluding carboxylic acids is 5. The van der Waals surface area contributed by atoms with Crippen LogP contribution in [0.25, 0.3) is 0 Å². The molecule has 3 aliphatic rings. The molecule has 10 nitrogen and oxygen atoms in total. The van der Waals surface area contributed by atoms with Crippen LogP contribution in [0.5, 0.6) is 0 Å². The van der Waals surface area contributed by atoms with Crippen molar-refractivity contribution in [2.24, 2.45) is 23.7 Å². The van der Waals surface area contributed by atoms with Gasteiger partial charge in [-0.1, -0.05) is 34.3 Å². The number of rotatable bonds is 11. The lowest BCUT2D eigenvalue weighted by atomic mass is 9.92. The average molecular weight is 553 g/mol. The minimum Gasteiger partial charge on any atom is -0.383 e. The van der Waals surface area contributed by atoms with E-state index in [1.54, 1.807) is 27.7 Å². The molecule has 3 rings (SSSR count). The Hall–Kier alpha value is -3.11. The summed E-state index contributed by atoms with van der Waals surface area (Å²) >= 11 is 0. The molecule has 3 fully saturated rings. The van der Waals surface area contributed by atoms with Crippen molar-refractivity contribution in [2.75, 3.05) is 6.54 Å². The summed E-state index contributed by atoms with van der Waals surface area (Å²) in [7, 11) is 0. The number of fused-ring (bicyclic) bond motifs is 1. The van der Waals surface area contributed by atoms with Crippen molar-refractivity contribution in [1.82, 2.24) is 20.9 Å². The Balaban J connectivity index is 1.87. The first-order valence-corrected chi connectivity index (χ1v) is 13.4. The van der Waals surface area contributed by atoms with Gasteiger partial charge in [-0.05, 0) is 43.1 Å². The number of carbonyl (C=O) groups is 5. The molecule has 2 aliphatic carbocycles. The molecule has 0 aromatic rings. The Labute approximate surface area is 226 Å². The minimum absolute atomic E-state index is 0.0254. The number of ketones is 1. The first-order valence-electron chi connectivity index (χ1n) is 13.4. The molecule has 1 saturated heterocycles. The maximum atomic E-state index is 14.8. The van der Waals surface area contributed by atoms with Crippen LogP contribution in [0.3, 0.4) is 0 Å². The van der Waals surface area contributed by atoms with Crippen LogP contribution < -0.4 is 16.0 Å². The molecule has 216 valence electrons. The van der Waals surface area contributed by atoms with Crippen LogP contribution in [0.4, 0.5) is 8.78 Å². The smallest absolute Gasteiger partial charge is 0.290 e. The molecule has 4 N–H and O–H groups in total. The molecule has 4 amide bonds. The van der Waals surface area contributed by atoms with Gasteiger partial charge < -0.3 is 26.0 Å². The number of halogens is 2. The quantitative estimate of drug-likeness (QED) is 0.219. The second-order valence-electron chi connectivity index (χ2n) is 11.4. The topological polar surface area (TPSA) is 145 Å². The fourth-order valence-electron chi connectivity index (χ4n) is 5.22. The van der Waals surface area contributed by atoms with Crippen molar-refractivity contribution in [3.05, 3.63) is 18.4 Å². The largest absolute Gasteiger partial charge is 0.383 e. The predicted octanol–water partition coefficient (Wildman–Crippen LogP) is 0.690. The standard InChI is InChI=1S/C27H38F2N4O6/c1-6-7-18(22(35)25(38)30-15-8-9-15)31-23(36)20-16-10-11-27(28,29)17(16)12-33(20)26(39)19(13(2)3)32-24(37)21(34)14(4)5/h7,13-21,34H,1,8-12H2,2-5H3,(H,30,38)(H,31,36)(H,32,37)/t16-,17-,18?,19-,20-,21-/m0/s1. The third-order valence-corrected chi connectivity index (χ3v) is 7.69. The van der Waals surface area contributed by atoms with Crippen molar-refractivity contribution >= 4 is 29.4 Å². The van der Waals surface area contributed by atoms with Gasteiger partial charge in [0.25, 0.3) is 11.8 Å². The minimum atomic E-state index is -3.11. The zero-order valence-corrected chi connectivity index (χ0v) is 22.7. The Morgan fingerprint density at radius 3 is 2.23 bits per heavy atom. The number of amides is 4. The fourth-order valence-corrected chi connectivity index (χ4v) is 5.22. The normalized spacial score (nSPS) is 25.8. The van der Waals surface area contributed by atoms with Crippen molar-refractivity contribution in [3.63, 3.8) is 0 Å². The van der Waals surface area contributed by atoms with Gasteiger partial charge in [0.1, 0.15) is 24.2 Å². The van der Waals surface area contributed by atoms with Gasteiger partial charge >= 0.3 is 0 Å². The van der Waals surface area contributed by atoms with Crippen molar-refractivity contribution in [1.29, 1.82) is 0 Å². The van der Waals surface area contributed by atoms with Gasteiger partial charge in [-0.2, -0.15) is 0 Å². The van der Waals surface area contributed by atoms with E-state index < -0.39 is 96.2 Å². The zero-order valence-electron chi connectivity index (χ0n) is 22.7. The van der Waals surface area contributed by atoms with Crippen LogP contribution in [0.1, 0.15) is 53.4 Å². The second kappa shape index (κ2) is 12.0. The van der Waals surface area contributed by atoms with Gasteiger partial charge in [-0.3, -0.25) is 24.0 Å². The summed E-state index contributed by atoms with van der Waals surface area (Å²) in [6.45, 7) is 9.52. The highest BCUT2D eigenvalue weighted by Gasteiger charge is 2.61. The van der Waals surface area contributed by atoms with Crippen LogP contribution in [0.2, 0.25) is 0 Å². The molecule has 0 aromatic carbocycles. The number of hydrogen-bond donors (Lipinski definition) is 4. The highest BCUT2D eigenvalue weighted by atomic mass is 19.3. The molecule has 1 aliphatic heterocycles. The monoisotopic (exact) mass is 552 g/mol. The lowest BCUT2D eigenvalue weighted by molar-refractivity contribution is -0.145. The molecule has 39 heavy (non-hydrogen) atoms. The van der Waals surface area contributed by atoms with E-state index >= 15 is 0 Å². The zero-order chi connectivity index (χ0) is 29.2. The highest BCUT2D eigenvalue weighted by Crippen LogP contribution is 2.51. The number of likely N-dealkylation sites (tertiary alicyclic amines) is 1. The molecule has 12 heteroatoms. The van der Waals surface area contributed by atoms with Crippen LogP contribution in [-0.4, -0.2) is 82.2 Å². The summed E-state index contributed by atoms with van der Waals surface area (Å²) in [6.07, 6.45) is 0.718. The average Bonchev–Trinajstić information content (AvgIpc) is 3.51. The molecule has 1 unspecified atom stereocenters. The van der Waals surface area contributed by atoms with Gasteiger partial charge in [0, 0.05) is 24.9 Å². The van der Waals surface area contributed by atoms with Gasteiger partial charge in [0.05, 0.1) is 0 Å². The van der Waals surface area contributed by atoms with E-state index in [0.717, 1.165) is 23.8 Å². The van der Waals surface area contributed by atoms with Crippen LogP contribution in [0.15, 0.2) is 18.4 Å². The summed E-state index contributed by atoms with van der Waals surface area (Å²) in [5.41, 5.74) is 2.37. The first-order chi connectivity index (χ1) is 18.2. The van der Waals surface area contributed by atoms with E-state index in [1.807, 2.05) is 0 Å².